The Morgan fingerprint density at radius 3 is 2.56 bits per heavy atom. The summed E-state index contributed by atoms with van der Waals surface area (Å²) in [6.07, 6.45) is -0.813. The van der Waals surface area contributed by atoms with Gasteiger partial charge in [-0.2, -0.15) is 5.26 Å². The lowest BCUT2D eigenvalue weighted by Gasteiger charge is -2.23. The Balaban J connectivity index is 1.51. The van der Waals surface area contributed by atoms with Gasteiger partial charge < -0.3 is 15.5 Å². The van der Waals surface area contributed by atoms with Crippen LogP contribution in [0.25, 0.3) is 0 Å². The van der Waals surface area contributed by atoms with Crippen molar-refractivity contribution in [1.29, 1.82) is 5.26 Å². The molecule has 6 nitrogen and oxygen atoms in total. The first-order valence-corrected chi connectivity index (χ1v) is 8.44. The van der Waals surface area contributed by atoms with Crippen LogP contribution in [0.4, 0.5) is 4.39 Å². The zero-order valence-corrected chi connectivity index (χ0v) is 13.9. The van der Waals surface area contributed by atoms with Crippen LogP contribution in [0.3, 0.4) is 0 Å². The van der Waals surface area contributed by atoms with Crippen LogP contribution in [-0.2, 0) is 22.7 Å². The highest BCUT2D eigenvalue weighted by atomic mass is 19.1. The molecule has 2 aliphatic heterocycles. The van der Waals surface area contributed by atoms with Gasteiger partial charge >= 0.3 is 0 Å². The number of likely N-dealkylation sites (tertiary alicyclic amines) is 1. The largest absolute Gasteiger partial charge is 0.334 e. The van der Waals surface area contributed by atoms with Crippen molar-refractivity contribution < 1.29 is 14.0 Å². The summed E-state index contributed by atoms with van der Waals surface area (Å²) < 4.78 is 13.4. The van der Waals surface area contributed by atoms with Gasteiger partial charge in [-0.05, 0) is 17.5 Å². The molecule has 25 heavy (non-hydrogen) atoms. The van der Waals surface area contributed by atoms with Gasteiger partial charge in [0.1, 0.15) is 12.2 Å². The third-order valence-corrected chi connectivity index (χ3v) is 4.86. The summed E-state index contributed by atoms with van der Waals surface area (Å²) in [6.45, 7) is 1.05. The summed E-state index contributed by atoms with van der Waals surface area (Å²) >= 11 is 0. The van der Waals surface area contributed by atoms with E-state index in [9.17, 15) is 14.0 Å². The molecule has 0 bridgehead atoms. The van der Waals surface area contributed by atoms with E-state index in [-0.39, 0.29) is 31.7 Å². The van der Waals surface area contributed by atoms with Crippen molar-refractivity contribution >= 4 is 11.8 Å². The molecule has 7 heteroatoms. The average molecular weight is 344 g/mol. The number of nitrogens with zero attached hydrogens (tertiary/aromatic N) is 3. The van der Waals surface area contributed by atoms with Crippen molar-refractivity contribution in [1.82, 2.24) is 9.80 Å². The van der Waals surface area contributed by atoms with Gasteiger partial charge in [-0.1, -0.05) is 24.3 Å². The minimum Gasteiger partial charge on any atom is -0.334 e. The zero-order valence-electron chi connectivity index (χ0n) is 13.9. The molecule has 1 aromatic carbocycles. The molecule has 2 aliphatic rings. The predicted octanol–water partition coefficient (Wildman–Crippen LogP) is 1.10. The minimum absolute atomic E-state index is 0.0277. The van der Waals surface area contributed by atoms with E-state index in [0.717, 1.165) is 11.1 Å². The number of carbonyl (C=O) groups excluding carboxylic acids is 2. The molecule has 3 atom stereocenters. The highest BCUT2D eigenvalue weighted by Crippen LogP contribution is 2.24. The minimum atomic E-state index is -1.19. The smallest absolute Gasteiger partial charge is 0.240 e. The molecule has 3 unspecified atom stereocenters. The van der Waals surface area contributed by atoms with Gasteiger partial charge in [-0.3, -0.25) is 9.59 Å². The number of carbonyl (C=O) groups is 2. The Hall–Kier alpha value is -2.46. The monoisotopic (exact) mass is 344 g/mol. The first kappa shape index (κ1) is 17.4. The van der Waals surface area contributed by atoms with Crippen molar-refractivity contribution in [2.45, 2.75) is 50.6 Å². The van der Waals surface area contributed by atoms with Gasteiger partial charge in [-0.15, -0.1) is 0 Å². The number of hydrogen-bond acceptors (Lipinski definition) is 4. The molecule has 0 aromatic heterocycles. The average Bonchev–Trinajstić information content (AvgIpc) is 3.21. The number of nitrogens with two attached hydrogens (primary N) is 1. The maximum absolute atomic E-state index is 13.4. The maximum Gasteiger partial charge on any atom is 0.240 e. The number of hydrogen-bond donors (Lipinski definition) is 1. The standard InChI is InChI=1S/C18H21FN4O2/c19-14-7-15(8-20)23(11-14)18(25)16(21)5-6-17(24)22-9-12-3-1-2-4-13(12)10-22/h1-4,14-16H,5-7,9-11,21H2. The van der Waals surface area contributed by atoms with Crippen LogP contribution >= 0.6 is 0 Å². The molecule has 2 heterocycles. The molecule has 1 saturated heterocycles. The lowest BCUT2D eigenvalue weighted by atomic mass is 10.1. The highest BCUT2D eigenvalue weighted by Gasteiger charge is 2.37. The number of fused-ring (bicyclic) bond motifs is 1. The summed E-state index contributed by atoms with van der Waals surface area (Å²) in [5.41, 5.74) is 8.17. The predicted molar refractivity (Wildman–Crippen MR) is 88.5 cm³/mol. The lowest BCUT2D eigenvalue weighted by Crippen LogP contribution is -2.46. The summed E-state index contributed by atoms with van der Waals surface area (Å²) in [5.74, 6) is -0.509. The Kier molecular flexibility index (Phi) is 5.00. The number of alkyl halides is 1. The number of rotatable bonds is 4. The molecule has 3 rings (SSSR count). The van der Waals surface area contributed by atoms with E-state index in [1.807, 2.05) is 30.3 Å². The molecule has 0 spiro atoms. The molecule has 1 fully saturated rings. The van der Waals surface area contributed by atoms with Gasteiger partial charge in [0.2, 0.25) is 11.8 Å². The first-order valence-electron chi connectivity index (χ1n) is 8.44. The number of nitriles is 1. The van der Waals surface area contributed by atoms with Crippen molar-refractivity contribution in [3.63, 3.8) is 0 Å². The van der Waals surface area contributed by atoms with Crippen molar-refractivity contribution in [2.75, 3.05) is 6.54 Å². The van der Waals surface area contributed by atoms with E-state index in [4.69, 9.17) is 11.0 Å². The zero-order chi connectivity index (χ0) is 18.0. The Morgan fingerprint density at radius 2 is 1.96 bits per heavy atom. The van der Waals surface area contributed by atoms with Crippen LogP contribution in [0.1, 0.15) is 30.4 Å². The Bertz CT molecular complexity index is 692. The highest BCUT2D eigenvalue weighted by molar-refractivity contribution is 5.84. The van der Waals surface area contributed by atoms with Crippen molar-refractivity contribution in [3.05, 3.63) is 35.4 Å². The first-order chi connectivity index (χ1) is 12.0. The fourth-order valence-corrected chi connectivity index (χ4v) is 3.43. The lowest BCUT2D eigenvalue weighted by molar-refractivity contribution is -0.134. The van der Waals surface area contributed by atoms with Crippen LogP contribution in [0, 0.1) is 11.3 Å². The van der Waals surface area contributed by atoms with Crippen LogP contribution in [0.15, 0.2) is 24.3 Å². The van der Waals surface area contributed by atoms with Gasteiger partial charge in [0, 0.05) is 25.9 Å². The van der Waals surface area contributed by atoms with E-state index in [1.165, 1.54) is 4.90 Å². The Morgan fingerprint density at radius 1 is 1.32 bits per heavy atom. The number of halogens is 1. The van der Waals surface area contributed by atoms with E-state index >= 15 is 0 Å². The summed E-state index contributed by atoms with van der Waals surface area (Å²) in [6, 6.07) is 8.17. The van der Waals surface area contributed by atoms with Crippen molar-refractivity contribution in [2.24, 2.45) is 5.73 Å². The number of amides is 2. The maximum atomic E-state index is 13.4. The van der Waals surface area contributed by atoms with Crippen LogP contribution in [0.5, 0.6) is 0 Å². The molecule has 0 radical (unpaired) electrons. The second-order valence-electron chi connectivity index (χ2n) is 6.63. The fourth-order valence-electron chi connectivity index (χ4n) is 3.43. The molecule has 2 amide bonds. The van der Waals surface area contributed by atoms with Gasteiger partial charge in [0.15, 0.2) is 0 Å². The molecule has 1 aromatic rings. The van der Waals surface area contributed by atoms with Crippen molar-refractivity contribution in [3.8, 4) is 6.07 Å². The molecular weight excluding hydrogens is 323 g/mol. The molecule has 2 N–H and O–H groups in total. The molecule has 0 saturated carbocycles. The van der Waals surface area contributed by atoms with Crippen LogP contribution in [-0.4, -0.2) is 46.4 Å². The second kappa shape index (κ2) is 7.19. The normalized spacial score (nSPS) is 23.2. The van der Waals surface area contributed by atoms with E-state index in [0.29, 0.717) is 13.1 Å². The van der Waals surface area contributed by atoms with E-state index in [2.05, 4.69) is 0 Å². The van der Waals surface area contributed by atoms with Gasteiger partial charge in [0.05, 0.1) is 18.7 Å². The molecule has 132 valence electrons. The van der Waals surface area contributed by atoms with Gasteiger partial charge in [-0.25, -0.2) is 4.39 Å². The summed E-state index contributed by atoms with van der Waals surface area (Å²) in [5, 5.41) is 9.02. The SMILES string of the molecule is N#CC1CC(F)CN1C(=O)C(N)CCC(=O)N1Cc2ccccc2C1. The van der Waals surface area contributed by atoms with Crippen LogP contribution in [0.2, 0.25) is 0 Å². The third-order valence-electron chi connectivity index (χ3n) is 4.86. The Labute approximate surface area is 146 Å². The van der Waals surface area contributed by atoms with Crippen LogP contribution < -0.4 is 5.73 Å². The number of benzene rings is 1. The second-order valence-corrected chi connectivity index (χ2v) is 6.63. The molecular formula is C18H21FN4O2. The quantitative estimate of drug-likeness (QED) is 0.885. The molecule has 0 aliphatic carbocycles. The summed E-state index contributed by atoms with van der Waals surface area (Å²) in [4.78, 5) is 27.6. The third kappa shape index (κ3) is 3.64. The van der Waals surface area contributed by atoms with E-state index < -0.39 is 24.2 Å². The fraction of sp³-hybridized carbons (Fsp3) is 0.500. The topological polar surface area (TPSA) is 90.4 Å². The van der Waals surface area contributed by atoms with Gasteiger partial charge in [0.25, 0.3) is 0 Å². The summed E-state index contributed by atoms with van der Waals surface area (Å²) in [7, 11) is 0. The van der Waals surface area contributed by atoms with E-state index in [1.54, 1.807) is 4.90 Å².